The van der Waals surface area contributed by atoms with Crippen molar-refractivity contribution in [2.24, 2.45) is 0 Å². The average molecular weight is 275 g/mol. The Bertz CT molecular complexity index is 433. The van der Waals surface area contributed by atoms with Crippen LogP contribution in [0.5, 0.6) is 5.88 Å². The molecule has 1 atom stereocenters. The molecule has 1 unspecified atom stereocenters. The fourth-order valence-corrected chi connectivity index (χ4v) is 2.87. The zero-order valence-electron chi connectivity index (χ0n) is 12.3. The lowest BCUT2D eigenvalue weighted by atomic mass is 10.1. The molecule has 4 heteroatoms. The molecule has 2 fully saturated rings. The van der Waals surface area contributed by atoms with Crippen molar-refractivity contribution in [2.75, 3.05) is 20.2 Å². The number of hydrogen-bond donors (Lipinski definition) is 1. The molecule has 1 aromatic rings. The van der Waals surface area contributed by atoms with Gasteiger partial charge >= 0.3 is 0 Å². The van der Waals surface area contributed by atoms with Crippen LogP contribution >= 0.6 is 0 Å². The molecule has 0 spiro atoms. The predicted molar refractivity (Wildman–Crippen MR) is 79.9 cm³/mol. The summed E-state index contributed by atoms with van der Waals surface area (Å²) in [4.78, 5) is 6.83. The first-order valence-corrected chi connectivity index (χ1v) is 7.83. The number of ether oxygens (including phenoxy) is 1. The molecule has 0 amide bonds. The van der Waals surface area contributed by atoms with Gasteiger partial charge < -0.3 is 15.0 Å². The van der Waals surface area contributed by atoms with Gasteiger partial charge in [-0.25, -0.2) is 4.98 Å². The summed E-state index contributed by atoms with van der Waals surface area (Å²) in [6.45, 7) is 2.87. The molecule has 2 aliphatic rings. The molecule has 2 heterocycles. The standard InChI is InChI=1S/C16H25N3O/c1-19-10-3-5-15(19)8-11-20-16-13(4-2-9-17-16)12-18-14-6-7-14/h2,4,9,14-15,18H,3,5-8,10-12H2,1H3. The van der Waals surface area contributed by atoms with Crippen LogP contribution in [-0.2, 0) is 6.54 Å². The van der Waals surface area contributed by atoms with Gasteiger partial charge in [0.1, 0.15) is 0 Å². The van der Waals surface area contributed by atoms with Gasteiger partial charge in [0, 0.05) is 30.4 Å². The van der Waals surface area contributed by atoms with E-state index in [1.54, 1.807) is 0 Å². The number of rotatable bonds is 7. The highest BCUT2D eigenvalue weighted by atomic mass is 16.5. The molecule has 20 heavy (non-hydrogen) atoms. The van der Waals surface area contributed by atoms with Crippen molar-refractivity contribution < 1.29 is 4.74 Å². The van der Waals surface area contributed by atoms with E-state index in [1.807, 2.05) is 12.3 Å². The lowest BCUT2D eigenvalue weighted by Gasteiger charge is -2.19. The minimum absolute atomic E-state index is 0.687. The van der Waals surface area contributed by atoms with Gasteiger partial charge in [-0.05, 0) is 51.8 Å². The highest BCUT2D eigenvalue weighted by Gasteiger charge is 2.22. The Balaban J connectivity index is 1.48. The van der Waals surface area contributed by atoms with Crippen LogP contribution in [0.4, 0.5) is 0 Å². The van der Waals surface area contributed by atoms with Crippen LogP contribution in [0.15, 0.2) is 18.3 Å². The topological polar surface area (TPSA) is 37.4 Å². The van der Waals surface area contributed by atoms with Gasteiger partial charge in [-0.1, -0.05) is 6.07 Å². The second-order valence-electron chi connectivity index (χ2n) is 6.04. The van der Waals surface area contributed by atoms with Crippen molar-refractivity contribution in [1.82, 2.24) is 15.2 Å². The molecule has 4 nitrogen and oxygen atoms in total. The van der Waals surface area contributed by atoms with Crippen molar-refractivity contribution in [3.63, 3.8) is 0 Å². The van der Waals surface area contributed by atoms with E-state index in [4.69, 9.17) is 4.74 Å². The third-order valence-electron chi connectivity index (χ3n) is 4.37. The number of hydrogen-bond acceptors (Lipinski definition) is 4. The number of aromatic nitrogens is 1. The van der Waals surface area contributed by atoms with Gasteiger partial charge in [0.05, 0.1) is 6.61 Å². The van der Waals surface area contributed by atoms with E-state index >= 15 is 0 Å². The zero-order chi connectivity index (χ0) is 13.8. The van der Waals surface area contributed by atoms with Crippen molar-refractivity contribution >= 4 is 0 Å². The summed E-state index contributed by atoms with van der Waals surface area (Å²) in [5, 5.41) is 3.52. The largest absolute Gasteiger partial charge is 0.477 e. The quantitative estimate of drug-likeness (QED) is 0.828. The lowest BCUT2D eigenvalue weighted by Crippen LogP contribution is -2.26. The number of likely N-dealkylation sites (tertiary alicyclic amines) is 1. The van der Waals surface area contributed by atoms with Crippen molar-refractivity contribution in [3.05, 3.63) is 23.9 Å². The highest BCUT2D eigenvalue weighted by Crippen LogP contribution is 2.22. The van der Waals surface area contributed by atoms with Gasteiger partial charge in [0.2, 0.25) is 5.88 Å². The normalized spacial score (nSPS) is 23.1. The van der Waals surface area contributed by atoms with Crippen LogP contribution in [-0.4, -0.2) is 42.2 Å². The van der Waals surface area contributed by atoms with Gasteiger partial charge in [0.15, 0.2) is 0 Å². The molecule has 1 N–H and O–H groups in total. The van der Waals surface area contributed by atoms with Crippen LogP contribution in [0.3, 0.4) is 0 Å². The molecule has 1 saturated heterocycles. The Morgan fingerprint density at radius 1 is 1.40 bits per heavy atom. The Kier molecular flexibility index (Phi) is 4.53. The maximum absolute atomic E-state index is 5.92. The SMILES string of the molecule is CN1CCCC1CCOc1ncccc1CNC1CC1. The summed E-state index contributed by atoms with van der Waals surface area (Å²) in [6, 6.07) is 5.50. The summed E-state index contributed by atoms with van der Waals surface area (Å²) in [6.07, 6.45) is 8.16. The van der Waals surface area contributed by atoms with Crippen LogP contribution in [0, 0.1) is 0 Å². The molecule has 0 aromatic carbocycles. The minimum atomic E-state index is 0.687. The van der Waals surface area contributed by atoms with Gasteiger partial charge in [-0.2, -0.15) is 0 Å². The van der Waals surface area contributed by atoms with Crippen LogP contribution in [0.25, 0.3) is 0 Å². The van der Waals surface area contributed by atoms with Crippen LogP contribution in [0.1, 0.15) is 37.7 Å². The molecule has 1 aliphatic heterocycles. The fraction of sp³-hybridized carbons (Fsp3) is 0.688. The average Bonchev–Trinajstić information content (AvgIpc) is 3.21. The number of nitrogens with zero attached hydrogens (tertiary/aromatic N) is 2. The summed E-state index contributed by atoms with van der Waals surface area (Å²) in [5.41, 5.74) is 1.18. The molecular formula is C16H25N3O. The Hall–Kier alpha value is -1.13. The summed E-state index contributed by atoms with van der Waals surface area (Å²) < 4.78 is 5.92. The molecular weight excluding hydrogens is 250 g/mol. The van der Waals surface area contributed by atoms with E-state index in [1.165, 1.54) is 37.8 Å². The van der Waals surface area contributed by atoms with Gasteiger partial charge in [-0.3, -0.25) is 0 Å². The van der Waals surface area contributed by atoms with E-state index in [0.29, 0.717) is 6.04 Å². The van der Waals surface area contributed by atoms with E-state index in [2.05, 4.69) is 28.3 Å². The Labute approximate surface area is 121 Å². The second-order valence-corrected chi connectivity index (χ2v) is 6.04. The maximum atomic E-state index is 5.92. The predicted octanol–water partition coefficient (Wildman–Crippen LogP) is 2.20. The van der Waals surface area contributed by atoms with E-state index < -0.39 is 0 Å². The van der Waals surface area contributed by atoms with E-state index in [9.17, 15) is 0 Å². The molecule has 1 aliphatic carbocycles. The summed E-state index contributed by atoms with van der Waals surface area (Å²) >= 11 is 0. The van der Waals surface area contributed by atoms with Crippen LogP contribution < -0.4 is 10.1 Å². The molecule has 0 radical (unpaired) electrons. The first kappa shape index (κ1) is 13.8. The molecule has 110 valence electrons. The first-order chi connectivity index (χ1) is 9.83. The first-order valence-electron chi connectivity index (χ1n) is 7.83. The van der Waals surface area contributed by atoms with Crippen LogP contribution in [0.2, 0.25) is 0 Å². The third-order valence-corrected chi connectivity index (χ3v) is 4.37. The number of nitrogens with one attached hydrogen (secondary N) is 1. The summed E-state index contributed by atoms with van der Waals surface area (Å²) in [7, 11) is 2.21. The molecule has 1 saturated carbocycles. The summed E-state index contributed by atoms with van der Waals surface area (Å²) in [5.74, 6) is 0.807. The second kappa shape index (κ2) is 6.55. The Morgan fingerprint density at radius 3 is 3.05 bits per heavy atom. The van der Waals surface area contributed by atoms with Crippen molar-refractivity contribution in [3.8, 4) is 5.88 Å². The number of pyridine rings is 1. The van der Waals surface area contributed by atoms with Crippen molar-refractivity contribution in [1.29, 1.82) is 0 Å². The minimum Gasteiger partial charge on any atom is -0.477 e. The molecule has 1 aromatic heterocycles. The highest BCUT2D eigenvalue weighted by molar-refractivity contribution is 5.25. The van der Waals surface area contributed by atoms with Crippen molar-refractivity contribution in [2.45, 2.75) is 50.7 Å². The fourth-order valence-electron chi connectivity index (χ4n) is 2.87. The maximum Gasteiger partial charge on any atom is 0.217 e. The van der Waals surface area contributed by atoms with Gasteiger partial charge in [-0.15, -0.1) is 0 Å². The smallest absolute Gasteiger partial charge is 0.217 e. The molecule has 0 bridgehead atoms. The molecule has 3 rings (SSSR count). The van der Waals surface area contributed by atoms with E-state index in [-0.39, 0.29) is 0 Å². The third kappa shape index (κ3) is 3.70. The monoisotopic (exact) mass is 275 g/mol. The van der Waals surface area contributed by atoms with Gasteiger partial charge in [0.25, 0.3) is 0 Å². The van der Waals surface area contributed by atoms with E-state index in [0.717, 1.165) is 31.5 Å². The lowest BCUT2D eigenvalue weighted by molar-refractivity contribution is 0.227. The Morgan fingerprint density at radius 2 is 2.30 bits per heavy atom. The zero-order valence-corrected chi connectivity index (χ0v) is 12.3.